The van der Waals surface area contributed by atoms with E-state index in [2.05, 4.69) is 4.90 Å². The van der Waals surface area contributed by atoms with Crippen molar-refractivity contribution in [3.63, 3.8) is 0 Å². The minimum absolute atomic E-state index is 0.536. The average molecular weight is 306 g/mol. The summed E-state index contributed by atoms with van der Waals surface area (Å²) in [4.78, 5) is 12.5. The van der Waals surface area contributed by atoms with E-state index < -0.39 is 0 Å². The molecule has 1 aliphatic rings. The fourth-order valence-electron chi connectivity index (χ4n) is 2.35. The molecule has 4 heteroatoms. The number of ether oxygens (including phenoxy) is 1. The van der Waals surface area contributed by atoms with Crippen molar-refractivity contribution in [2.75, 3.05) is 27.2 Å². The minimum atomic E-state index is 0.536. The van der Waals surface area contributed by atoms with Crippen LogP contribution in [0.3, 0.4) is 0 Å². The highest BCUT2D eigenvalue weighted by Crippen LogP contribution is 2.14. The van der Waals surface area contributed by atoms with Crippen molar-refractivity contribution in [2.45, 2.75) is 44.6 Å². The standard InChI is InChI=1S/C12H17NO2.C6H13N/c1-13(2)8-3-9-15-12-6-4-11(10-14)5-7-12;7-6-4-2-1-3-5-6/h4-7,10H,3,8-9H2,1-2H3;6H,1-5,7H2. The molecule has 0 bridgehead atoms. The molecule has 0 spiro atoms. The van der Waals surface area contributed by atoms with Gasteiger partial charge in [-0.05, 0) is 57.6 Å². The van der Waals surface area contributed by atoms with Gasteiger partial charge in [-0.1, -0.05) is 19.3 Å². The van der Waals surface area contributed by atoms with Crippen LogP contribution in [0.2, 0.25) is 0 Å². The number of aldehydes is 1. The van der Waals surface area contributed by atoms with Gasteiger partial charge in [0.25, 0.3) is 0 Å². The van der Waals surface area contributed by atoms with Gasteiger partial charge in [-0.3, -0.25) is 4.79 Å². The van der Waals surface area contributed by atoms with E-state index in [1.165, 1.54) is 32.1 Å². The molecule has 2 N–H and O–H groups in total. The van der Waals surface area contributed by atoms with Crippen molar-refractivity contribution in [2.24, 2.45) is 5.73 Å². The summed E-state index contributed by atoms with van der Waals surface area (Å²) in [5, 5.41) is 0. The van der Waals surface area contributed by atoms with Crippen molar-refractivity contribution in [3.8, 4) is 5.75 Å². The van der Waals surface area contributed by atoms with Gasteiger partial charge in [0.1, 0.15) is 12.0 Å². The monoisotopic (exact) mass is 306 g/mol. The smallest absolute Gasteiger partial charge is 0.150 e. The Morgan fingerprint density at radius 3 is 2.27 bits per heavy atom. The number of rotatable bonds is 6. The van der Waals surface area contributed by atoms with Crippen LogP contribution in [0, 0.1) is 0 Å². The quantitative estimate of drug-likeness (QED) is 0.648. The summed E-state index contributed by atoms with van der Waals surface area (Å²) >= 11 is 0. The second kappa shape index (κ2) is 11.2. The fraction of sp³-hybridized carbons (Fsp3) is 0.611. The third-order valence-electron chi connectivity index (χ3n) is 3.68. The van der Waals surface area contributed by atoms with Crippen LogP contribution in [-0.2, 0) is 0 Å². The van der Waals surface area contributed by atoms with E-state index >= 15 is 0 Å². The van der Waals surface area contributed by atoms with E-state index in [-0.39, 0.29) is 0 Å². The molecule has 2 rings (SSSR count). The highest BCUT2D eigenvalue weighted by Gasteiger charge is 2.06. The SMILES string of the molecule is CN(C)CCCOc1ccc(C=O)cc1.NC1CCCCC1. The molecule has 0 heterocycles. The number of benzene rings is 1. The number of nitrogens with two attached hydrogens (primary N) is 1. The van der Waals surface area contributed by atoms with Crippen molar-refractivity contribution in [1.82, 2.24) is 4.90 Å². The van der Waals surface area contributed by atoms with Gasteiger partial charge in [-0.2, -0.15) is 0 Å². The summed E-state index contributed by atoms with van der Waals surface area (Å²) in [6.45, 7) is 1.73. The van der Waals surface area contributed by atoms with Crippen molar-refractivity contribution in [3.05, 3.63) is 29.8 Å². The molecule has 0 radical (unpaired) electrons. The summed E-state index contributed by atoms with van der Waals surface area (Å²) < 4.78 is 5.51. The van der Waals surface area contributed by atoms with E-state index in [0.717, 1.165) is 25.0 Å². The molecule has 124 valence electrons. The second-order valence-corrected chi connectivity index (χ2v) is 6.09. The summed E-state index contributed by atoms with van der Waals surface area (Å²) in [7, 11) is 4.08. The number of carbonyl (C=O) groups excluding carboxylic acids is 1. The lowest BCUT2D eigenvalue weighted by Gasteiger charge is -2.15. The summed E-state index contributed by atoms with van der Waals surface area (Å²) in [6, 6.07) is 7.69. The largest absolute Gasteiger partial charge is 0.494 e. The Labute approximate surface area is 134 Å². The topological polar surface area (TPSA) is 55.6 Å². The average Bonchev–Trinajstić information content (AvgIpc) is 2.53. The van der Waals surface area contributed by atoms with Crippen molar-refractivity contribution in [1.29, 1.82) is 0 Å². The van der Waals surface area contributed by atoms with Crippen LogP contribution in [0.4, 0.5) is 0 Å². The van der Waals surface area contributed by atoms with Gasteiger partial charge in [0, 0.05) is 18.2 Å². The molecule has 1 aromatic carbocycles. The van der Waals surface area contributed by atoms with Gasteiger partial charge in [0.15, 0.2) is 0 Å². The number of hydrogen-bond donors (Lipinski definition) is 1. The van der Waals surface area contributed by atoms with Crippen LogP contribution in [0.15, 0.2) is 24.3 Å². The molecular formula is C18H30N2O2. The Hall–Kier alpha value is -1.39. The van der Waals surface area contributed by atoms with Crippen molar-refractivity contribution >= 4 is 6.29 Å². The molecule has 0 unspecified atom stereocenters. The molecule has 1 aromatic rings. The zero-order valence-electron chi connectivity index (χ0n) is 14.0. The highest BCUT2D eigenvalue weighted by atomic mass is 16.5. The molecule has 1 saturated carbocycles. The zero-order chi connectivity index (χ0) is 16.2. The molecular weight excluding hydrogens is 276 g/mol. The molecule has 1 aliphatic carbocycles. The number of carbonyl (C=O) groups is 1. The lowest BCUT2D eigenvalue weighted by atomic mass is 9.97. The molecule has 0 saturated heterocycles. The first-order chi connectivity index (χ1) is 10.6. The second-order valence-electron chi connectivity index (χ2n) is 6.09. The predicted octanol–water partition coefficient (Wildman–Crippen LogP) is 3.11. The number of nitrogens with zero attached hydrogens (tertiary/aromatic N) is 1. The van der Waals surface area contributed by atoms with Crippen molar-refractivity contribution < 1.29 is 9.53 Å². The molecule has 0 aliphatic heterocycles. The summed E-state index contributed by atoms with van der Waals surface area (Å²) in [5.74, 6) is 0.819. The fourth-order valence-corrected chi connectivity index (χ4v) is 2.35. The maximum atomic E-state index is 10.4. The van der Waals surface area contributed by atoms with Gasteiger partial charge in [-0.15, -0.1) is 0 Å². The van der Waals surface area contributed by atoms with E-state index in [9.17, 15) is 4.79 Å². The molecule has 22 heavy (non-hydrogen) atoms. The predicted molar refractivity (Wildman–Crippen MR) is 91.6 cm³/mol. The Kier molecular flexibility index (Phi) is 9.51. The Balaban J connectivity index is 0.000000287. The summed E-state index contributed by atoms with van der Waals surface area (Å²) in [6.07, 6.45) is 8.49. The highest BCUT2D eigenvalue weighted by molar-refractivity contribution is 5.74. The Morgan fingerprint density at radius 1 is 1.18 bits per heavy atom. The van der Waals surface area contributed by atoms with Gasteiger partial charge >= 0.3 is 0 Å². The first-order valence-electron chi connectivity index (χ1n) is 8.20. The zero-order valence-corrected chi connectivity index (χ0v) is 14.0. The van der Waals surface area contributed by atoms with E-state index in [1.807, 2.05) is 26.2 Å². The minimum Gasteiger partial charge on any atom is -0.494 e. The van der Waals surface area contributed by atoms with Gasteiger partial charge < -0.3 is 15.4 Å². The Bertz CT molecular complexity index is 398. The maximum Gasteiger partial charge on any atom is 0.150 e. The normalized spacial score (nSPS) is 15.1. The first kappa shape index (κ1) is 18.7. The van der Waals surface area contributed by atoms with E-state index in [4.69, 9.17) is 10.5 Å². The first-order valence-corrected chi connectivity index (χ1v) is 8.20. The van der Waals surface area contributed by atoms with Gasteiger partial charge in [-0.25, -0.2) is 0 Å². The van der Waals surface area contributed by atoms with Crippen LogP contribution in [0.1, 0.15) is 48.9 Å². The van der Waals surface area contributed by atoms with Crippen LogP contribution in [-0.4, -0.2) is 44.5 Å². The van der Waals surface area contributed by atoms with Crippen LogP contribution in [0.5, 0.6) is 5.75 Å². The van der Waals surface area contributed by atoms with Crippen LogP contribution >= 0.6 is 0 Å². The van der Waals surface area contributed by atoms with E-state index in [0.29, 0.717) is 18.2 Å². The van der Waals surface area contributed by atoms with Crippen LogP contribution in [0.25, 0.3) is 0 Å². The molecule has 0 atom stereocenters. The summed E-state index contributed by atoms with van der Waals surface area (Å²) in [5.41, 5.74) is 6.31. The molecule has 1 fully saturated rings. The molecule has 0 aromatic heterocycles. The van der Waals surface area contributed by atoms with Crippen LogP contribution < -0.4 is 10.5 Å². The van der Waals surface area contributed by atoms with Gasteiger partial charge in [0.2, 0.25) is 0 Å². The van der Waals surface area contributed by atoms with E-state index in [1.54, 1.807) is 12.1 Å². The third-order valence-corrected chi connectivity index (χ3v) is 3.68. The molecule has 4 nitrogen and oxygen atoms in total. The molecule has 0 amide bonds. The lowest BCUT2D eigenvalue weighted by molar-refractivity contribution is 0.112. The maximum absolute atomic E-state index is 10.4. The third kappa shape index (κ3) is 8.80. The Morgan fingerprint density at radius 2 is 1.82 bits per heavy atom. The number of hydrogen-bond acceptors (Lipinski definition) is 4. The van der Waals surface area contributed by atoms with Gasteiger partial charge in [0.05, 0.1) is 6.61 Å². The lowest BCUT2D eigenvalue weighted by Crippen LogP contribution is -2.22.